The molecule has 0 aliphatic carbocycles. The van der Waals surface area contributed by atoms with Gasteiger partial charge in [0.2, 0.25) is 0 Å². The molecule has 94 valence electrons. The van der Waals surface area contributed by atoms with Crippen molar-refractivity contribution in [3.05, 3.63) is 33.0 Å². The van der Waals surface area contributed by atoms with Gasteiger partial charge < -0.3 is 0 Å². The first-order chi connectivity index (χ1) is 7.64. The average molecular weight is 344 g/mol. The number of carbonyl (C=O) groups is 1. The van der Waals surface area contributed by atoms with Crippen LogP contribution in [0, 0.1) is 5.82 Å². The molecule has 1 aromatic rings. The summed E-state index contributed by atoms with van der Waals surface area (Å²) in [6.07, 6.45) is 0.925. The largest absolute Gasteiger partial charge is 0.293 e. The number of ketones is 1. The van der Waals surface area contributed by atoms with Crippen LogP contribution in [0.3, 0.4) is 0 Å². The summed E-state index contributed by atoms with van der Waals surface area (Å²) in [7, 11) is -3.56. The maximum Gasteiger partial charge on any atom is 0.183 e. The Balaban J connectivity index is 3.27. The average Bonchev–Trinajstić information content (AvgIpc) is 2.20. The van der Waals surface area contributed by atoms with E-state index in [4.69, 9.17) is 11.6 Å². The number of Topliss-reactive ketones (excluding diaryl/α,β-unsaturated/α-hetero) is 1. The van der Waals surface area contributed by atoms with Gasteiger partial charge in [-0.1, -0.05) is 11.6 Å². The summed E-state index contributed by atoms with van der Waals surface area (Å²) in [6.45, 7) is 1.22. The molecule has 0 radical (unpaired) electrons. The Morgan fingerprint density at radius 1 is 1.47 bits per heavy atom. The first kappa shape index (κ1) is 14.6. The van der Waals surface area contributed by atoms with Gasteiger partial charge in [0.15, 0.2) is 15.6 Å². The molecule has 1 atom stereocenters. The van der Waals surface area contributed by atoms with Crippen LogP contribution < -0.4 is 0 Å². The van der Waals surface area contributed by atoms with Crippen molar-refractivity contribution in [2.24, 2.45) is 0 Å². The summed E-state index contributed by atoms with van der Waals surface area (Å²) < 4.78 is 36.3. The maximum atomic E-state index is 13.5. The van der Waals surface area contributed by atoms with Crippen LogP contribution in [0.2, 0.25) is 5.02 Å². The third-order valence-corrected chi connectivity index (χ3v) is 4.98. The zero-order chi connectivity index (χ0) is 13.4. The summed E-state index contributed by atoms with van der Waals surface area (Å²) in [5.74, 6) is -1.61. The van der Waals surface area contributed by atoms with Crippen LogP contribution in [-0.2, 0) is 9.84 Å². The van der Waals surface area contributed by atoms with Crippen molar-refractivity contribution in [2.45, 2.75) is 12.2 Å². The van der Waals surface area contributed by atoms with Gasteiger partial charge in [0.25, 0.3) is 0 Å². The molecule has 0 N–H and O–H groups in total. The van der Waals surface area contributed by atoms with Crippen LogP contribution >= 0.6 is 27.5 Å². The van der Waals surface area contributed by atoms with Gasteiger partial charge >= 0.3 is 0 Å². The topological polar surface area (TPSA) is 51.2 Å². The van der Waals surface area contributed by atoms with E-state index in [0.29, 0.717) is 4.47 Å². The van der Waals surface area contributed by atoms with Crippen LogP contribution in [-0.4, -0.2) is 25.7 Å². The van der Waals surface area contributed by atoms with Crippen LogP contribution in [0.4, 0.5) is 4.39 Å². The van der Waals surface area contributed by atoms with Gasteiger partial charge in [-0.3, -0.25) is 4.79 Å². The molecular weight excluding hydrogens is 335 g/mol. The van der Waals surface area contributed by atoms with E-state index in [1.54, 1.807) is 0 Å². The van der Waals surface area contributed by atoms with Crippen molar-refractivity contribution in [3.8, 4) is 0 Å². The van der Waals surface area contributed by atoms with Crippen molar-refractivity contribution in [3.63, 3.8) is 0 Å². The van der Waals surface area contributed by atoms with Crippen molar-refractivity contribution < 1.29 is 17.6 Å². The van der Waals surface area contributed by atoms with Gasteiger partial charge in [0.1, 0.15) is 11.1 Å². The Hall–Kier alpha value is -0.460. The summed E-state index contributed by atoms with van der Waals surface area (Å²) in [6, 6.07) is 2.15. The van der Waals surface area contributed by atoms with Gasteiger partial charge in [-0.2, -0.15) is 0 Å². The number of hydrogen-bond acceptors (Lipinski definition) is 3. The van der Waals surface area contributed by atoms with E-state index in [-0.39, 0.29) is 10.6 Å². The molecule has 1 rings (SSSR count). The number of halogens is 3. The Labute approximate surface area is 112 Å². The van der Waals surface area contributed by atoms with Crippen molar-refractivity contribution in [1.29, 1.82) is 0 Å². The minimum Gasteiger partial charge on any atom is -0.293 e. The summed E-state index contributed by atoms with van der Waals surface area (Å²) in [5, 5.41) is -1.15. The molecule has 0 spiro atoms. The molecule has 1 unspecified atom stereocenters. The fraction of sp³-hybridized carbons (Fsp3) is 0.300. The fourth-order valence-electron chi connectivity index (χ4n) is 1.12. The fourth-order valence-corrected chi connectivity index (χ4v) is 2.12. The number of hydrogen-bond donors (Lipinski definition) is 0. The molecule has 3 nitrogen and oxygen atoms in total. The van der Waals surface area contributed by atoms with Gasteiger partial charge in [-0.25, -0.2) is 12.8 Å². The van der Waals surface area contributed by atoms with E-state index < -0.39 is 26.7 Å². The molecule has 7 heteroatoms. The van der Waals surface area contributed by atoms with Gasteiger partial charge in [0.05, 0.1) is 10.6 Å². The number of carbonyl (C=O) groups excluding carboxylic acids is 1. The van der Waals surface area contributed by atoms with Crippen LogP contribution in [0.5, 0.6) is 0 Å². The minimum atomic E-state index is -3.56. The number of benzene rings is 1. The monoisotopic (exact) mass is 342 g/mol. The van der Waals surface area contributed by atoms with Gasteiger partial charge in [-0.05, 0) is 35.0 Å². The van der Waals surface area contributed by atoms with Crippen LogP contribution in [0.1, 0.15) is 17.3 Å². The Kier molecular flexibility index (Phi) is 4.33. The second kappa shape index (κ2) is 5.04. The third-order valence-electron chi connectivity index (χ3n) is 2.29. The molecule has 17 heavy (non-hydrogen) atoms. The van der Waals surface area contributed by atoms with E-state index in [1.165, 1.54) is 6.92 Å². The smallest absolute Gasteiger partial charge is 0.183 e. The Bertz CT molecular complexity index is 571. The Morgan fingerprint density at radius 3 is 2.47 bits per heavy atom. The standard InChI is InChI=1S/C10H9BrClFO3S/c1-5(17(2,15)16)10(14)6-3-8(12)7(11)4-9(6)13/h3-5H,1-2H3. The highest BCUT2D eigenvalue weighted by Crippen LogP contribution is 2.26. The highest BCUT2D eigenvalue weighted by molar-refractivity contribution is 9.10. The second-order valence-corrected chi connectivity index (χ2v) is 7.21. The van der Waals surface area contributed by atoms with E-state index in [1.807, 2.05) is 0 Å². The van der Waals surface area contributed by atoms with Crippen molar-refractivity contribution >= 4 is 43.2 Å². The summed E-state index contributed by atoms with van der Waals surface area (Å²) in [4.78, 5) is 11.8. The van der Waals surface area contributed by atoms with Gasteiger partial charge in [-0.15, -0.1) is 0 Å². The quantitative estimate of drug-likeness (QED) is 0.626. The molecule has 0 saturated heterocycles. The molecule has 0 aliphatic heterocycles. The maximum absolute atomic E-state index is 13.5. The molecule has 0 amide bonds. The normalized spacial score (nSPS) is 13.5. The lowest BCUT2D eigenvalue weighted by molar-refractivity contribution is 0.0988. The number of rotatable bonds is 3. The predicted octanol–water partition coefficient (Wildman–Crippen LogP) is 2.86. The molecule has 0 fully saturated rings. The summed E-state index contributed by atoms with van der Waals surface area (Å²) in [5.41, 5.74) is -0.323. The van der Waals surface area contributed by atoms with Crippen LogP contribution in [0.25, 0.3) is 0 Å². The minimum absolute atomic E-state index is 0.149. The molecular formula is C10H9BrClFO3S. The van der Waals surface area contributed by atoms with Crippen molar-refractivity contribution in [2.75, 3.05) is 6.26 Å². The lowest BCUT2D eigenvalue weighted by Crippen LogP contribution is -2.27. The van der Waals surface area contributed by atoms with Gasteiger partial charge in [0, 0.05) is 10.7 Å². The molecule has 0 saturated carbocycles. The lowest BCUT2D eigenvalue weighted by Gasteiger charge is -2.10. The Morgan fingerprint density at radius 2 is 2.00 bits per heavy atom. The zero-order valence-corrected chi connectivity index (χ0v) is 12.2. The van der Waals surface area contributed by atoms with E-state index in [2.05, 4.69) is 15.9 Å². The van der Waals surface area contributed by atoms with E-state index in [9.17, 15) is 17.6 Å². The summed E-state index contributed by atoms with van der Waals surface area (Å²) >= 11 is 8.74. The van der Waals surface area contributed by atoms with E-state index in [0.717, 1.165) is 18.4 Å². The van der Waals surface area contributed by atoms with E-state index >= 15 is 0 Å². The SMILES string of the molecule is CC(C(=O)c1cc(Cl)c(Br)cc1F)S(C)(=O)=O. The van der Waals surface area contributed by atoms with Crippen molar-refractivity contribution in [1.82, 2.24) is 0 Å². The first-order valence-corrected chi connectivity index (χ1v) is 7.64. The zero-order valence-electron chi connectivity index (χ0n) is 9.00. The predicted molar refractivity (Wildman–Crippen MR) is 67.7 cm³/mol. The third kappa shape index (κ3) is 3.26. The molecule has 0 aliphatic rings. The highest BCUT2D eigenvalue weighted by Gasteiger charge is 2.27. The highest BCUT2D eigenvalue weighted by atomic mass is 79.9. The molecule has 0 heterocycles. The van der Waals surface area contributed by atoms with Crippen LogP contribution in [0.15, 0.2) is 16.6 Å². The number of sulfone groups is 1. The first-order valence-electron chi connectivity index (χ1n) is 4.52. The lowest BCUT2D eigenvalue weighted by atomic mass is 10.1. The molecule has 1 aromatic carbocycles. The second-order valence-electron chi connectivity index (χ2n) is 3.58. The molecule has 0 bridgehead atoms. The molecule has 0 aromatic heterocycles.